The zero-order chi connectivity index (χ0) is 10.2. The molecule has 0 aromatic carbocycles. The van der Waals surface area contributed by atoms with Crippen LogP contribution in [0.1, 0.15) is 39.0 Å². The molecule has 3 heteroatoms. The van der Waals surface area contributed by atoms with E-state index in [1.54, 1.807) is 0 Å². The maximum absolute atomic E-state index is 11.2. The molecule has 0 atom stereocenters. The van der Waals surface area contributed by atoms with Crippen molar-refractivity contribution in [1.29, 1.82) is 0 Å². The highest BCUT2D eigenvalue weighted by molar-refractivity contribution is 5.96. The first kappa shape index (κ1) is 9.69. The predicted molar refractivity (Wildman–Crippen MR) is 52.7 cm³/mol. The summed E-state index contributed by atoms with van der Waals surface area (Å²) in [6.45, 7) is 2.25. The van der Waals surface area contributed by atoms with Crippen LogP contribution >= 0.6 is 0 Å². The number of amides is 1. The molecule has 0 heterocycles. The van der Waals surface area contributed by atoms with E-state index in [0.29, 0.717) is 5.41 Å². The molecule has 0 aliphatic heterocycles. The number of Topliss-reactive ketones (excluding diaryl/α,β-unsaturated/α-hetero) is 1. The molecule has 0 spiro atoms. The zero-order valence-electron chi connectivity index (χ0n) is 8.64. The fourth-order valence-electron chi connectivity index (χ4n) is 2.15. The number of hydrogen-bond acceptors (Lipinski definition) is 2. The molecule has 78 valence electrons. The van der Waals surface area contributed by atoms with Gasteiger partial charge in [0.25, 0.3) is 0 Å². The number of rotatable bonds is 5. The lowest BCUT2D eigenvalue weighted by molar-refractivity contribution is -0.127. The molecule has 0 radical (unpaired) electrons. The van der Waals surface area contributed by atoms with Crippen molar-refractivity contribution in [3.63, 3.8) is 0 Å². The molecule has 0 unspecified atom stereocenters. The zero-order valence-corrected chi connectivity index (χ0v) is 8.64. The molecule has 0 aromatic rings. The second-order valence-electron chi connectivity index (χ2n) is 4.79. The van der Waals surface area contributed by atoms with Gasteiger partial charge in [0, 0.05) is 6.54 Å². The maximum Gasteiger partial charge on any atom is 0.227 e. The largest absolute Gasteiger partial charge is 0.355 e. The molecule has 1 N–H and O–H groups in total. The fraction of sp³-hybridized carbons (Fsp3) is 0.818. The predicted octanol–water partition coefficient (Wildman–Crippen LogP) is 1.27. The summed E-state index contributed by atoms with van der Waals surface area (Å²) in [7, 11) is 0. The Morgan fingerprint density at radius 2 is 2.00 bits per heavy atom. The molecule has 2 rings (SSSR count). The van der Waals surface area contributed by atoms with Crippen molar-refractivity contribution in [3.05, 3.63) is 0 Å². The Balaban J connectivity index is 1.71. The summed E-state index contributed by atoms with van der Waals surface area (Å²) < 4.78 is 0. The summed E-state index contributed by atoms with van der Waals surface area (Å²) in [6.07, 6.45) is 5.24. The monoisotopic (exact) mass is 195 g/mol. The Morgan fingerprint density at radius 1 is 1.36 bits per heavy atom. The molecule has 1 amide bonds. The van der Waals surface area contributed by atoms with Gasteiger partial charge >= 0.3 is 0 Å². The Morgan fingerprint density at radius 3 is 2.43 bits per heavy atom. The van der Waals surface area contributed by atoms with E-state index >= 15 is 0 Å². The van der Waals surface area contributed by atoms with Crippen molar-refractivity contribution >= 4 is 11.7 Å². The topological polar surface area (TPSA) is 46.2 Å². The number of hydrogen-bond donors (Lipinski definition) is 1. The van der Waals surface area contributed by atoms with Gasteiger partial charge in [0.15, 0.2) is 0 Å². The van der Waals surface area contributed by atoms with E-state index in [1.807, 2.05) is 0 Å². The highest BCUT2D eigenvalue weighted by atomic mass is 16.2. The second kappa shape index (κ2) is 3.37. The Hall–Kier alpha value is -0.860. The molecule has 0 saturated heterocycles. The maximum atomic E-state index is 11.2. The van der Waals surface area contributed by atoms with Crippen LogP contribution in [0.15, 0.2) is 0 Å². The van der Waals surface area contributed by atoms with Crippen LogP contribution in [0.2, 0.25) is 0 Å². The van der Waals surface area contributed by atoms with Crippen LogP contribution in [0, 0.1) is 11.3 Å². The highest BCUT2D eigenvalue weighted by Crippen LogP contribution is 2.60. The number of ketones is 1. The Bertz CT molecular complexity index is 264. The SMILES string of the molecule is CC(=O)CC(=O)NCC1(C2CC2)CC1. The molecular weight excluding hydrogens is 178 g/mol. The average molecular weight is 195 g/mol. The van der Waals surface area contributed by atoms with Gasteiger partial charge in [0.2, 0.25) is 5.91 Å². The van der Waals surface area contributed by atoms with Crippen LogP contribution in [0.3, 0.4) is 0 Å². The summed E-state index contributed by atoms with van der Waals surface area (Å²) in [5.41, 5.74) is 0.437. The van der Waals surface area contributed by atoms with Crippen LogP contribution in [-0.2, 0) is 9.59 Å². The van der Waals surface area contributed by atoms with Crippen LogP contribution in [0.5, 0.6) is 0 Å². The highest BCUT2D eigenvalue weighted by Gasteiger charge is 2.53. The smallest absolute Gasteiger partial charge is 0.227 e. The first-order chi connectivity index (χ1) is 6.62. The number of carbonyl (C=O) groups is 2. The summed E-state index contributed by atoms with van der Waals surface area (Å²) in [5.74, 6) is 0.698. The quantitative estimate of drug-likeness (QED) is 0.671. The third kappa shape index (κ3) is 2.14. The number of nitrogens with one attached hydrogen (secondary N) is 1. The van der Waals surface area contributed by atoms with E-state index in [4.69, 9.17) is 0 Å². The van der Waals surface area contributed by atoms with Gasteiger partial charge in [-0.15, -0.1) is 0 Å². The first-order valence-electron chi connectivity index (χ1n) is 5.38. The third-order valence-corrected chi connectivity index (χ3v) is 3.38. The average Bonchev–Trinajstić information content (AvgIpc) is 2.94. The summed E-state index contributed by atoms with van der Waals surface area (Å²) >= 11 is 0. The molecule has 0 aromatic heterocycles. The van der Waals surface area contributed by atoms with Gasteiger partial charge in [-0.25, -0.2) is 0 Å². The Labute approximate surface area is 84.2 Å². The van der Waals surface area contributed by atoms with Gasteiger partial charge in [-0.2, -0.15) is 0 Å². The molecule has 2 aliphatic carbocycles. The minimum absolute atomic E-state index is 0.0424. The van der Waals surface area contributed by atoms with Crippen molar-refractivity contribution in [2.45, 2.75) is 39.0 Å². The molecule has 3 nitrogen and oxygen atoms in total. The van der Waals surface area contributed by atoms with Crippen LogP contribution in [0.25, 0.3) is 0 Å². The van der Waals surface area contributed by atoms with E-state index in [0.717, 1.165) is 12.5 Å². The standard InChI is InChI=1S/C11H17NO2/c1-8(13)6-10(14)12-7-11(4-5-11)9-2-3-9/h9H,2-7H2,1H3,(H,12,14). The molecule has 14 heavy (non-hydrogen) atoms. The van der Waals surface area contributed by atoms with E-state index < -0.39 is 0 Å². The normalized spacial score (nSPS) is 22.9. The molecular formula is C11H17NO2. The van der Waals surface area contributed by atoms with Crippen LogP contribution < -0.4 is 5.32 Å². The van der Waals surface area contributed by atoms with Gasteiger partial charge in [-0.05, 0) is 43.9 Å². The van der Waals surface area contributed by atoms with Gasteiger partial charge in [-0.1, -0.05) is 0 Å². The molecule has 2 saturated carbocycles. The van der Waals surface area contributed by atoms with Crippen LogP contribution in [0.4, 0.5) is 0 Å². The molecule has 0 bridgehead atoms. The van der Waals surface area contributed by atoms with Gasteiger partial charge in [0.05, 0.1) is 6.42 Å². The van der Waals surface area contributed by atoms with E-state index in [1.165, 1.54) is 32.6 Å². The van der Waals surface area contributed by atoms with E-state index in [-0.39, 0.29) is 18.1 Å². The van der Waals surface area contributed by atoms with Crippen molar-refractivity contribution < 1.29 is 9.59 Å². The van der Waals surface area contributed by atoms with Crippen molar-refractivity contribution in [1.82, 2.24) is 5.32 Å². The molecule has 2 fully saturated rings. The first-order valence-corrected chi connectivity index (χ1v) is 5.38. The summed E-state index contributed by atoms with van der Waals surface area (Å²) in [6, 6.07) is 0. The minimum Gasteiger partial charge on any atom is -0.355 e. The lowest BCUT2D eigenvalue weighted by atomic mass is 10.0. The third-order valence-electron chi connectivity index (χ3n) is 3.38. The fourth-order valence-corrected chi connectivity index (χ4v) is 2.15. The summed E-state index contributed by atoms with van der Waals surface area (Å²) in [5, 5.41) is 2.88. The van der Waals surface area contributed by atoms with E-state index in [9.17, 15) is 9.59 Å². The van der Waals surface area contributed by atoms with Crippen molar-refractivity contribution in [2.75, 3.05) is 6.54 Å². The van der Waals surface area contributed by atoms with Crippen molar-refractivity contribution in [3.8, 4) is 0 Å². The lowest BCUT2D eigenvalue weighted by Crippen LogP contribution is -2.32. The molecule has 2 aliphatic rings. The summed E-state index contributed by atoms with van der Waals surface area (Å²) in [4.78, 5) is 21.9. The Kier molecular flexibility index (Phi) is 2.33. The van der Waals surface area contributed by atoms with Gasteiger partial charge in [0.1, 0.15) is 5.78 Å². The lowest BCUT2D eigenvalue weighted by Gasteiger charge is -2.14. The minimum atomic E-state index is -0.107. The van der Waals surface area contributed by atoms with Gasteiger partial charge in [-0.3, -0.25) is 9.59 Å². The van der Waals surface area contributed by atoms with Crippen molar-refractivity contribution in [2.24, 2.45) is 11.3 Å². The number of carbonyl (C=O) groups excluding carboxylic acids is 2. The second-order valence-corrected chi connectivity index (χ2v) is 4.79. The van der Waals surface area contributed by atoms with E-state index in [2.05, 4.69) is 5.32 Å². The van der Waals surface area contributed by atoms with Crippen LogP contribution in [-0.4, -0.2) is 18.2 Å². The van der Waals surface area contributed by atoms with Gasteiger partial charge < -0.3 is 5.32 Å².